The lowest BCUT2D eigenvalue weighted by atomic mass is 10.3. The molecule has 1 rings (SSSR count). The molecule has 0 saturated carbocycles. The molecular formula is C17H30N4O2. The van der Waals surface area contributed by atoms with Crippen molar-refractivity contribution in [2.24, 2.45) is 10.7 Å². The summed E-state index contributed by atoms with van der Waals surface area (Å²) in [5.41, 5.74) is 6.80. The van der Waals surface area contributed by atoms with Crippen LogP contribution in [0.25, 0.3) is 0 Å². The maximum Gasteiger partial charge on any atom is 0.193 e. The monoisotopic (exact) mass is 322 g/mol. The highest BCUT2D eigenvalue weighted by Gasteiger charge is 2.00. The molecule has 0 aromatic heterocycles. The Bertz CT molecular complexity index is 460. The van der Waals surface area contributed by atoms with Crippen LogP contribution >= 0.6 is 0 Å². The number of nitrogens with zero attached hydrogens (tertiary/aromatic N) is 2. The maximum atomic E-state index is 5.90. The van der Waals surface area contributed by atoms with E-state index < -0.39 is 0 Å². The summed E-state index contributed by atoms with van der Waals surface area (Å²) >= 11 is 0. The summed E-state index contributed by atoms with van der Waals surface area (Å²) in [6, 6.07) is 7.69. The SMILES string of the molecule is COCCN(C)CCCN=C(N)Nc1ccc(OC(C)C)cc1. The quantitative estimate of drug-likeness (QED) is 0.392. The summed E-state index contributed by atoms with van der Waals surface area (Å²) < 4.78 is 10.6. The zero-order chi connectivity index (χ0) is 17.1. The maximum absolute atomic E-state index is 5.90. The molecule has 3 N–H and O–H groups in total. The second-order valence-corrected chi connectivity index (χ2v) is 5.73. The Morgan fingerprint density at radius 2 is 1.96 bits per heavy atom. The van der Waals surface area contributed by atoms with E-state index in [0.717, 1.165) is 37.6 Å². The molecule has 0 aliphatic heterocycles. The minimum Gasteiger partial charge on any atom is -0.491 e. The van der Waals surface area contributed by atoms with Gasteiger partial charge in [0.15, 0.2) is 5.96 Å². The normalized spacial score (nSPS) is 12.0. The van der Waals surface area contributed by atoms with E-state index in [4.69, 9.17) is 15.2 Å². The number of likely N-dealkylation sites (N-methyl/N-ethyl adjacent to an activating group) is 1. The van der Waals surface area contributed by atoms with Gasteiger partial charge in [0.1, 0.15) is 5.75 Å². The van der Waals surface area contributed by atoms with Gasteiger partial charge in [-0.1, -0.05) is 0 Å². The number of rotatable bonds is 10. The van der Waals surface area contributed by atoms with Crippen molar-refractivity contribution in [2.75, 3.05) is 45.7 Å². The van der Waals surface area contributed by atoms with Crippen LogP contribution in [0.15, 0.2) is 29.3 Å². The van der Waals surface area contributed by atoms with Gasteiger partial charge in [-0.25, -0.2) is 0 Å². The van der Waals surface area contributed by atoms with Gasteiger partial charge in [0.05, 0.1) is 12.7 Å². The Morgan fingerprint density at radius 1 is 1.26 bits per heavy atom. The first-order chi connectivity index (χ1) is 11.0. The Balaban J connectivity index is 2.30. The number of benzene rings is 1. The van der Waals surface area contributed by atoms with Crippen molar-refractivity contribution < 1.29 is 9.47 Å². The molecule has 1 aromatic rings. The molecule has 0 saturated heterocycles. The number of methoxy groups -OCH3 is 1. The van der Waals surface area contributed by atoms with Gasteiger partial charge >= 0.3 is 0 Å². The van der Waals surface area contributed by atoms with Gasteiger partial charge in [0.25, 0.3) is 0 Å². The molecule has 0 fully saturated rings. The standard InChI is InChI=1S/C17H30N4O2/c1-14(2)23-16-8-6-15(7-9-16)20-17(18)19-10-5-11-21(3)12-13-22-4/h6-9,14H,5,10-13H2,1-4H3,(H3,18,19,20). The van der Waals surface area contributed by atoms with Crippen molar-refractivity contribution in [1.29, 1.82) is 0 Å². The first-order valence-electron chi connectivity index (χ1n) is 8.02. The molecule has 0 radical (unpaired) electrons. The number of guanidine groups is 1. The minimum atomic E-state index is 0.169. The third-order valence-corrected chi connectivity index (χ3v) is 3.16. The second-order valence-electron chi connectivity index (χ2n) is 5.73. The van der Waals surface area contributed by atoms with Crippen LogP contribution in [-0.4, -0.2) is 57.4 Å². The first-order valence-corrected chi connectivity index (χ1v) is 8.02. The van der Waals surface area contributed by atoms with Crippen molar-refractivity contribution in [3.63, 3.8) is 0 Å². The smallest absolute Gasteiger partial charge is 0.193 e. The van der Waals surface area contributed by atoms with E-state index in [0.29, 0.717) is 12.5 Å². The molecule has 0 heterocycles. The first kappa shape index (κ1) is 19.3. The molecule has 0 aliphatic carbocycles. The molecule has 0 bridgehead atoms. The van der Waals surface area contributed by atoms with Crippen LogP contribution < -0.4 is 15.8 Å². The Labute approximate surface area is 139 Å². The Kier molecular flexibility index (Phi) is 9.09. The zero-order valence-electron chi connectivity index (χ0n) is 14.7. The lowest BCUT2D eigenvalue weighted by molar-refractivity contribution is 0.161. The Morgan fingerprint density at radius 3 is 2.57 bits per heavy atom. The number of hydrogen-bond donors (Lipinski definition) is 2. The van der Waals surface area contributed by atoms with Gasteiger partial charge in [-0.15, -0.1) is 0 Å². The zero-order valence-corrected chi connectivity index (χ0v) is 14.7. The van der Waals surface area contributed by atoms with Crippen molar-refractivity contribution in [1.82, 2.24) is 4.90 Å². The average Bonchev–Trinajstić information content (AvgIpc) is 2.51. The number of hydrogen-bond acceptors (Lipinski definition) is 4. The van der Waals surface area contributed by atoms with Gasteiger partial charge in [0.2, 0.25) is 0 Å². The lowest BCUT2D eigenvalue weighted by Crippen LogP contribution is -2.25. The highest BCUT2D eigenvalue weighted by Crippen LogP contribution is 2.16. The molecule has 6 heteroatoms. The molecule has 1 aromatic carbocycles. The fraction of sp³-hybridized carbons (Fsp3) is 0.588. The highest BCUT2D eigenvalue weighted by molar-refractivity contribution is 5.92. The highest BCUT2D eigenvalue weighted by atomic mass is 16.5. The average molecular weight is 322 g/mol. The molecule has 0 atom stereocenters. The topological polar surface area (TPSA) is 72.1 Å². The molecule has 0 aliphatic rings. The molecule has 6 nitrogen and oxygen atoms in total. The van der Waals surface area contributed by atoms with E-state index in [2.05, 4.69) is 22.3 Å². The van der Waals surface area contributed by atoms with Crippen LogP contribution in [0.2, 0.25) is 0 Å². The summed E-state index contributed by atoms with van der Waals surface area (Å²) in [6.07, 6.45) is 1.13. The van der Waals surface area contributed by atoms with Crippen LogP contribution in [-0.2, 0) is 4.74 Å². The molecule has 23 heavy (non-hydrogen) atoms. The summed E-state index contributed by atoms with van der Waals surface area (Å²) in [6.45, 7) is 7.36. The number of ether oxygens (including phenoxy) is 2. The molecular weight excluding hydrogens is 292 g/mol. The Hall–Kier alpha value is -1.79. The van der Waals surface area contributed by atoms with Crippen LogP contribution in [0.3, 0.4) is 0 Å². The van der Waals surface area contributed by atoms with Gasteiger partial charge in [0, 0.05) is 25.9 Å². The second kappa shape index (κ2) is 10.9. The van der Waals surface area contributed by atoms with Gasteiger partial charge in [-0.2, -0.15) is 0 Å². The van der Waals surface area contributed by atoms with Gasteiger partial charge in [-0.3, -0.25) is 4.99 Å². The van der Waals surface area contributed by atoms with Gasteiger partial charge < -0.3 is 25.4 Å². The third-order valence-electron chi connectivity index (χ3n) is 3.16. The van der Waals surface area contributed by atoms with E-state index in [9.17, 15) is 0 Å². The summed E-state index contributed by atoms with van der Waals surface area (Å²) in [5, 5.41) is 3.08. The van der Waals surface area contributed by atoms with Crippen LogP contribution in [0.1, 0.15) is 20.3 Å². The minimum absolute atomic E-state index is 0.169. The number of nitrogens with one attached hydrogen (secondary N) is 1. The number of nitrogens with two attached hydrogens (primary N) is 1. The van der Waals surface area contributed by atoms with Crippen LogP contribution in [0, 0.1) is 0 Å². The predicted molar refractivity (Wildman–Crippen MR) is 96.3 cm³/mol. The summed E-state index contributed by atoms with van der Waals surface area (Å²) in [5.74, 6) is 1.28. The molecule has 0 amide bonds. The van der Waals surface area contributed by atoms with E-state index in [-0.39, 0.29) is 6.10 Å². The summed E-state index contributed by atoms with van der Waals surface area (Å²) in [4.78, 5) is 6.55. The summed E-state index contributed by atoms with van der Waals surface area (Å²) in [7, 11) is 3.79. The van der Waals surface area contributed by atoms with E-state index in [1.807, 2.05) is 38.1 Å². The third kappa shape index (κ3) is 9.05. The number of aliphatic imine (C=N–C) groups is 1. The van der Waals surface area contributed by atoms with Crippen molar-refractivity contribution >= 4 is 11.6 Å². The lowest BCUT2D eigenvalue weighted by Gasteiger charge is -2.15. The van der Waals surface area contributed by atoms with Crippen molar-refractivity contribution in [3.05, 3.63) is 24.3 Å². The fourth-order valence-electron chi connectivity index (χ4n) is 1.98. The number of anilines is 1. The van der Waals surface area contributed by atoms with Crippen LogP contribution in [0.4, 0.5) is 5.69 Å². The largest absolute Gasteiger partial charge is 0.491 e. The predicted octanol–water partition coefficient (Wildman–Crippen LogP) is 2.17. The molecule has 0 unspecified atom stereocenters. The molecule has 0 spiro atoms. The van der Waals surface area contributed by atoms with Gasteiger partial charge in [-0.05, 0) is 58.1 Å². The van der Waals surface area contributed by atoms with E-state index in [1.165, 1.54) is 0 Å². The van der Waals surface area contributed by atoms with Crippen molar-refractivity contribution in [2.45, 2.75) is 26.4 Å². The van der Waals surface area contributed by atoms with E-state index >= 15 is 0 Å². The van der Waals surface area contributed by atoms with Crippen molar-refractivity contribution in [3.8, 4) is 5.75 Å². The molecule has 130 valence electrons. The van der Waals surface area contributed by atoms with Crippen LogP contribution in [0.5, 0.6) is 5.75 Å². The fourth-order valence-corrected chi connectivity index (χ4v) is 1.98. The van der Waals surface area contributed by atoms with E-state index in [1.54, 1.807) is 7.11 Å².